The molecule has 1 aromatic heterocycles. The summed E-state index contributed by atoms with van der Waals surface area (Å²) in [5.74, 6) is 1.58. The fourth-order valence-electron chi connectivity index (χ4n) is 3.02. The monoisotopic (exact) mass is 421 g/mol. The molecule has 3 aromatic rings. The highest BCUT2D eigenvalue weighted by molar-refractivity contribution is 5.79. The molecule has 0 aliphatic carbocycles. The molecule has 0 radical (unpaired) electrons. The van der Waals surface area contributed by atoms with Gasteiger partial charge in [0.1, 0.15) is 12.4 Å². The van der Waals surface area contributed by atoms with E-state index in [1.54, 1.807) is 7.11 Å². The van der Waals surface area contributed by atoms with Crippen molar-refractivity contribution in [3.8, 4) is 11.4 Å². The number of para-hydroxylation sites is 1. The van der Waals surface area contributed by atoms with Gasteiger partial charge in [0, 0.05) is 25.4 Å². The highest BCUT2D eigenvalue weighted by Gasteiger charge is 2.06. The van der Waals surface area contributed by atoms with Gasteiger partial charge in [-0.1, -0.05) is 30.3 Å². The number of guanidine groups is 1. The molecular weight excluding hydrogens is 390 g/mol. The van der Waals surface area contributed by atoms with E-state index in [-0.39, 0.29) is 0 Å². The minimum absolute atomic E-state index is 0.510. The third-order valence-electron chi connectivity index (χ3n) is 4.62. The number of methoxy groups -OCH3 is 1. The summed E-state index contributed by atoms with van der Waals surface area (Å²) < 4.78 is 12.8. The average molecular weight is 422 g/mol. The van der Waals surface area contributed by atoms with Crippen molar-refractivity contribution in [2.24, 2.45) is 4.99 Å². The second kappa shape index (κ2) is 11.8. The molecule has 0 fully saturated rings. The molecule has 0 bridgehead atoms. The molecule has 2 aromatic carbocycles. The third-order valence-corrected chi connectivity index (χ3v) is 4.62. The third kappa shape index (κ3) is 6.86. The van der Waals surface area contributed by atoms with Crippen molar-refractivity contribution in [2.45, 2.75) is 26.9 Å². The Morgan fingerprint density at radius 1 is 1.06 bits per heavy atom. The van der Waals surface area contributed by atoms with E-state index in [2.05, 4.69) is 34.8 Å². The summed E-state index contributed by atoms with van der Waals surface area (Å²) in [6.45, 7) is 7.03. The van der Waals surface area contributed by atoms with Crippen LogP contribution >= 0.6 is 0 Å². The van der Waals surface area contributed by atoms with Crippen LogP contribution in [0.4, 0.5) is 0 Å². The Hall–Kier alpha value is -3.32. The Bertz CT molecular complexity index is 969. The number of benzene rings is 2. The standard InChI is InChI=1S/C24H31N5O2/c1-4-25-24(26-17-20-11-10-19(2)16-23(20)31-15-14-30-3)27-18-21-12-13-29(28-21)22-8-6-5-7-9-22/h5-13,16H,4,14-15,17-18H2,1-3H3,(H2,25,26,27). The first kappa shape index (κ1) is 22.4. The lowest BCUT2D eigenvalue weighted by Gasteiger charge is -2.13. The molecular formula is C24H31N5O2. The lowest BCUT2D eigenvalue weighted by Crippen LogP contribution is -2.36. The molecule has 2 N–H and O–H groups in total. The number of rotatable bonds is 10. The predicted molar refractivity (Wildman–Crippen MR) is 124 cm³/mol. The molecule has 164 valence electrons. The van der Waals surface area contributed by atoms with Crippen LogP contribution < -0.4 is 15.4 Å². The largest absolute Gasteiger partial charge is 0.491 e. The van der Waals surface area contributed by atoms with Gasteiger partial charge < -0.3 is 20.1 Å². The summed E-state index contributed by atoms with van der Waals surface area (Å²) in [7, 11) is 1.67. The van der Waals surface area contributed by atoms with Gasteiger partial charge in [-0.3, -0.25) is 0 Å². The summed E-state index contributed by atoms with van der Waals surface area (Å²) in [6, 6.07) is 18.2. The van der Waals surface area contributed by atoms with Crippen LogP contribution in [-0.2, 0) is 17.8 Å². The first-order valence-corrected chi connectivity index (χ1v) is 10.5. The van der Waals surface area contributed by atoms with Crippen molar-refractivity contribution in [1.82, 2.24) is 20.4 Å². The van der Waals surface area contributed by atoms with Crippen LogP contribution in [0, 0.1) is 6.92 Å². The number of aromatic nitrogens is 2. The first-order valence-electron chi connectivity index (χ1n) is 10.5. The van der Waals surface area contributed by atoms with E-state index < -0.39 is 0 Å². The Morgan fingerprint density at radius 2 is 1.90 bits per heavy atom. The van der Waals surface area contributed by atoms with Crippen molar-refractivity contribution in [3.05, 3.63) is 77.6 Å². The lowest BCUT2D eigenvalue weighted by atomic mass is 10.1. The van der Waals surface area contributed by atoms with Crippen LogP contribution in [0.25, 0.3) is 5.69 Å². The zero-order valence-corrected chi connectivity index (χ0v) is 18.5. The van der Waals surface area contributed by atoms with Crippen LogP contribution in [0.3, 0.4) is 0 Å². The maximum atomic E-state index is 5.88. The molecule has 0 amide bonds. The van der Waals surface area contributed by atoms with Gasteiger partial charge in [-0.2, -0.15) is 5.10 Å². The minimum atomic E-state index is 0.510. The lowest BCUT2D eigenvalue weighted by molar-refractivity contribution is 0.145. The number of hydrogen-bond acceptors (Lipinski definition) is 4. The number of nitrogens with one attached hydrogen (secondary N) is 2. The summed E-state index contributed by atoms with van der Waals surface area (Å²) in [4.78, 5) is 4.73. The molecule has 7 heteroatoms. The minimum Gasteiger partial charge on any atom is -0.491 e. The van der Waals surface area contributed by atoms with Crippen molar-refractivity contribution >= 4 is 5.96 Å². The second-order valence-electron chi connectivity index (χ2n) is 7.09. The van der Waals surface area contributed by atoms with Gasteiger partial charge in [0.05, 0.1) is 31.1 Å². The number of aliphatic imine (C=N–C) groups is 1. The fourth-order valence-corrected chi connectivity index (χ4v) is 3.02. The van der Waals surface area contributed by atoms with E-state index >= 15 is 0 Å². The molecule has 1 heterocycles. The maximum absolute atomic E-state index is 5.88. The topological polar surface area (TPSA) is 72.7 Å². The molecule has 0 atom stereocenters. The Balaban J connectivity index is 1.64. The van der Waals surface area contributed by atoms with Gasteiger partial charge in [0.2, 0.25) is 0 Å². The van der Waals surface area contributed by atoms with E-state index in [1.807, 2.05) is 60.3 Å². The van der Waals surface area contributed by atoms with Crippen LogP contribution in [0.15, 0.2) is 65.8 Å². The van der Waals surface area contributed by atoms with Gasteiger partial charge in [-0.25, -0.2) is 9.67 Å². The Morgan fingerprint density at radius 3 is 2.68 bits per heavy atom. The van der Waals surface area contributed by atoms with Gasteiger partial charge in [-0.05, 0) is 43.7 Å². The van der Waals surface area contributed by atoms with Gasteiger partial charge in [-0.15, -0.1) is 0 Å². The van der Waals surface area contributed by atoms with E-state index in [4.69, 9.17) is 14.5 Å². The average Bonchev–Trinajstić information content (AvgIpc) is 3.26. The molecule has 0 saturated heterocycles. The zero-order chi connectivity index (χ0) is 21.9. The fraction of sp³-hybridized carbons (Fsp3) is 0.333. The van der Waals surface area contributed by atoms with Crippen molar-refractivity contribution in [3.63, 3.8) is 0 Å². The summed E-state index contributed by atoms with van der Waals surface area (Å²) in [5.41, 5.74) is 4.16. The molecule has 3 rings (SSSR count). The number of aryl methyl sites for hydroxylation is 1. The maximum Gasteiger partial charge on any atom is 0.191 e. The first-order chi connectivity index (χ1) is 15.2. The summed E-state index contributed by atoms with van der Waals surface area (Å²) >= 11 is 0. The second-order valence-corrected chi connectivity index (χ2v) is 7.09. The predicted octanol–water partition coefficient (Wildman–Crippen LogP) is 3.46. The zero-order valence-electron chi connectivity index (χ0n) is 18.5. The number of ether oxygens (including phenoxy) is 2. The molecule has 0 saturated carbocycles. The normalized spacial score (nSPS) is 11.4. The van der Waals surface area contributed by atoms with Crippen molar-refractivity contribution in [1.29, 1.82) is 0 Å². The molecule has 0 aliphatic heterocycles. The van der Waals surface area contributed by atoms with Gasteiger partial charge in [0.25, 0.3) is 0 Å². The van der Waals surface area contributed by atoms with Crippen LogP contribution in [-0.4, -0.2) is 42.6 Å². The Kier molecular flexibility index (Phi) is 8.48. The number of nitrogens with zero attached hydrogens (tertiary/aromatic N) is 3. The molecule has 0 unspecified atom stereocenters. The van der Waals surface area contributed by atoms with Crippen molar-refractivity contribution in [2.75, 3.05) is 26.9 Å². The van der Waals surface area contributed by atoms with E-state index in [0.29, 0.717) is 26.3 Å². The van der Waals surface area contributed by atoms with E-state index in [9.17, 15) is 0 Å². The molecule has 31 heavy (non-hydrogen) atoms. The molecule has 7 nitrogen and oxygen atoms in total. The SMILES string of the molecule is CCNC(=NCc1ccc(C)cc1OCCOC)NCc1ccn(-c2ccccc2)n1. The quantitative estimate of drug-likeness (QED) is 0.298. The highest BCUT2D eigenvalue weighted by atomic mass is 16.5. The van der Waals surface area contributed by atoms with E-state index in [0.717, 1.165) is 40.8 Å². The molecule has 0 aliphatic rings. The van der Waals surface area contributed by atoms with Crippen LogP contribution in [0.5, 0.6) is 5.75 Å². The summed E-state index contributed by atoms with van der Waals surface area (Å²) in [6.07, 6.45) is 1.96. The van der Waals surface area contributed by atoms with E-state index in [1.165, 1.54) is 0 Å². The van der Waals surface area contributed by atoms with Gasteiger partial charge >= 0.3 is 0 Å². The highest BCUT2D eigenvalue weighted by Crippen LogP contribution is 2.21. The van der Waals surface area contributed by atoms with Crippen LogP contribution in [0.2, 0.25) is 0 Å². The molecule has 0 spiro atoms. The smallest absolute Gasteiger partial charge is 0.191 e. The van der Waals surface area contributed by atoms with Crippen molar-refractivity contribution < 1.29 is 9.47 Å². The van der Waals surface area contributed by atoms with Crippen LogP contribution in [0.1, 0.15) is 23.7 Å². The number of hydrogen-bond donors (Lipinski definition) is 2. The van der Waals surface area contributed by atoms with Gasteiger partial charge in [0.15, 0.2) is 5.96 Å². The summed E-state index contributed by atoms with van der Waals surface area (Å²) in [5, 5.41) is 11.3. The Labute approximate surface area is 184 Å².